The molecule has 0 spiro atoms. The van der Waals surface area contributed by atoms with Crippen molar-refractivity contribution in [2.75, 3.05) is 4.90 Å². The molecule has 0 aliphatic carbocycles. The van der Waals surface area contributed by atoms with Crippen molar-refractivity contribution in [1.82, 2.24) is 9.88 Å². The molecule has 0 bridgehead atoms. The Morgan fingerprint density at radius 3 is 2.58 bits per heavy atom. The lowest BCUT2D eigenvalue weighted by molar-refractivity contribution is -0.123. The van der Waals surface area contributed by atoms with Crippen molar-refractivity contribution in [1.29, 1.82) is 0 Å². The van der Waals surface area contributed by atoms with Crippen molar-refractivity contribution in [3.63, 3.8) is 0 Å². The van der Waals surface area contributed by atoms with E-state index in [1.165, 1.54) is 21.6 Å². The molecule has 1 aliphatic rings. The van der Waals surface area contributed by atoms with Gasteiger partial charge in [-0.3, -0.25) is 14.4 Å². The first-order valence-corrected chi connectivity index (χ1v) is 12.7. The van der Waals surface area contributed by atoms with Gasteiger partial charge in [-0.25, -0.2) is 9.88 Å². The maximum Gasteiger partial charge on any atom is 0.290 e. The minimum absolute atomic E-state index is 0.0757. The van der Waals surface area contributed by atoms with Crippen LogP contribution in [0.2, 0.25) is 0 Å². The lowest BCUT2D eigenvalue weighted by atomic mass is 9.95. The largest absolute Gasteiger partial charge is 0.459 e. The number of aromatic nitrogens is 1. The molecule has 3 heterocycles. The molecule has 184 valence electrons. The van der Waals surface area contributed by atoms with Crippen LogP contribution in [-0.4, -0.2) is 39.2 Å². The number of hydrogen-bond acceptors (Lipinski definition) is 6. The molecule has 7 nitrogen and oxygen atoms in total. The average Bonchev–Trinajstić information content (AvgIpc) is 3.59. The molecule has 3 amide bonds. The summed E-state index contributed by atoms with van der Waals surface area (Å²) in [4.78, 5) is 47.4. The predicted molar refractivity (Wildman–Crippen MR) is 140 cm³/mol. The Morgan fingerprint density at radius 2 is 1.92 bits per heavy atom. The van der Waals surface area contributed by atoms with E-state index in [0.29, 0.717) is 12.1 Å². The van der Waals surface area contributed by atoms with Crippen LogP contribution in [0, 0.1) is 6.92 Å². The molecule has 0 saturated carbocycles. The lowest BCUT2D eigenvalue weighted by Gasteiger charge is -2.40. The smallest absolute Gasteiger partial charge is 0.290 e. The van der Waals surface area contributed by atoms with E-state index in [0.717, 1.165) is 20.8 Å². The van der Waals surface area contributed by atoms with Crippen molar-refractivity contribution < 1.29 is 18.8 Å². The Kier molecular flexibility index (Phi) is 6.00. The highest BCUT2D eigenvalue weighted by atomic mass is 32.1. The number of carbonyl (C=O) groups is 3. The zero-order valence-electron chi connectivity index (χ0n) is 20.6. The molecular weight excluding hydrogens is 474 g/mol. The van der Waals surface area contributed by atoms with E-state index in [1.807, 2.05) is 45.0 Å². The zero-order chi connectivity index (χ0) is 25.6. The number of benzene rings is 2. The Hall–Kier alpha value is -3.78. The van der Waals surface area contributed by atoms with Gasteiger partial charge in [-0.1, -0.05) is 13.0 Å². The predicted octanol–water partition coefficient (Wildman–Crippen LogP) is 5.83. The highest BCUT2D eigenvalue weighted by Crippen LogP contribution is 2.35. The number of aryl methyl sites for hydroxylation is 1. The van der Waals surface area contributed by atoms with Crippen LogP contribution >= 0.6 is 11.3 Å². The molecule has 2 aromatic carbocycles. The number of amides is 3. The van der Waals surface area contributed by atoms with E-state index < -0.39 is 23.4 Å². The van der Waals surface area contributed by atoms with Crippen LogP contribution in [0.1, 0.15) is 49.7 Å². The fraction of sp³-hybridized carbons (Fsp3) is 0.286. The molecule has 36 heavy (non-hydrogen) atoms. The standard InChI is InChI=1S/C28H27N3O4S/c1-5-28(3,4)31(27(34)22-7-6-14-35-22)21-16-24(32)30(26(21)33)19-11-9-18(10-12-19)25-29-20-13-8-17(2)15-23(20)36-25/h6-15,21H,5,16H2,1-4H3. The third kappa shape index (κ3) is 4.11. The summed E-state index contributed by atoms with van der Waals surface area (Å²) in [6.45, 7) is 7.78. The van der Waals surface area contributed by atoms with Gasteiger partial charge in [0.2, 0.25) is 5.91 Å². The second kappa shape index (κ2) is 9.02. The SMILES string of the molecule is CCC(C)(C)N(C(=O)c1ccco1)C1CC(=O)N(c2ccc(-c3nc4ccc(C)cc4s3)cc2)C1=O. The first-order valence-electron chi connectivity index (χ1n) is 11.9. The highest BCUT2D eigenvalue weighted by molar-refractivity contribution is 7.21. The van der Waals surface area contributed by atoms with Gasteiger partial charge in [0.05, 0.1) is 28.6 Å². The van der Waals surface area contributed by atoms with Gasteiger partial charge in [0.15, 0.2) is 5.76 Å². The highest BCUT2D eigenvalue weighted by Gasteiger charge is 2.48. The van der Waals surface area contributed by atoms with Gasteiger partial charge in [0, 0.05) is 11.1 Å². The number of nitrogens with zero attached hydrogens (tertiary/aromatic N) is 3. The lowest BCUT2D eigenvalue weighted by Crippen LogP contribution is -2.55. The zero-order valence-corrected chi connectivity index (χ0v) is 21.5. The minimum atomic E-state index is -0.905. The van der Waals surface area contributed by atoms with Crippen LogP contribution in [0.25, 0.3) is 20.8 Å². The Morgan fingerprint density at radius 1 is 1.17 bits per heavy atom. The van der Waals surface area contributed by atoms with Crippen LogP contribution in [0.4, 0.5) is 5.69 Å². The number of furan rings is 1. The molecule has 1 atom stereocenters. The number of rotatable bonds is 6. The Bertz CT molecular complexity index is 1450. The van der Waals surface area contributed by atoms with Gasteiger partial charge in [-0.2, -0.15) is 0 Å². The molecule has 5 rings (SSSR count). The monoisotopic (exact) mass is 501 g/mol. The Labute approximate surface area is 213 Å². The quantitative estimate of drug-likeness (QED) is 0.311. The van der Waals surface area contributed by atoms with E-state index in [1.54, 1.807) is 35.6 Å². The van der Waals surface area contributed by atoms with E-state index in [-0.39, 0.29) is 18.1 Å². The average molecular weight is 502 g/mol. The summed E-state index contributed by atoms with van der Waals surface area (Å²) >= 11 is 1.60. The molecule has 1 saturated heterocycles. The normalized spacial score (nSPS) is 16.2. The van der Waals surface area contributed by atoms with Crippen LogP contribution in [0.3, 0.4) is 0 Å². The number of thiazole rings is 1. The number of imide groups is 1. The summed E-state index contributed by atoms with van der Waals surface area (Å²) in [5, 5.41) is 0.874. The first-order chi connectivity index (χ1) is 17.2. The third-order valence-electron chi connectivity index (χ3n) is 6.82. The van der Waals surface area contributed by atoms with Crippen molar-refractivity contribution >= 4 is 45.0 Å². The summed E-state index contributed by atoms with van der Waals surface area (Å²) in [6, 6.07) is 15.7. The number of anilines is 1. The van der Waals surface area contributed by atoms with Gasteiger partial charge >= 0.3 is 0 Å². The maximum absolute atomic E-state index is 13.6. The van der Waals surface area contributed by atoms with Crippen LogP contribution in [0.5, 0.6) is 0 Å². The van der Waals surface area contributed by atoms with Gasteiger partial charge in [-0.05, 0) is 81.3 Å². The third-order valence-corrected chi connectivity index (χ3v) is 7.89. The molecule has 0 N–H and O–H groups in total. The summed E-state index contributed by atoms with van der Waals surface area (Å²) in [5.41, 5.74) is 2.86. The topological polar surface area (TPSA) is 83.7 Å². The molecule has 0 radical (unpaired) electrons. The summed E-state index contributed by atoms with van der Waals surface area (Å²) in [5.74, 6) is -1.01. The number of carbonyl (C=O) groups excluding carboxylic acids is 3. The van der Waals surface area contributed by atoms with Crippen molar-refractivity contribution in [3.05, 3.63) is 72.2 Å². The van der Waals surface area contributed by atoms with Crippen molar-refractivity contribution in [2.45, 2.75) is 52.1 Å². The summed E-state index contributed by atoms with van der Waals surface area (Å²) in [7, 11) is 0. The second-order valence-electron chi connectivity index (χ2n) is 9.64. The van der Waals surface area contributed by atoms with Gasteiger partial charge in [0.25, 0.3) is 11.8 Å². The van der Waals surface area contributed by atoms with E-state index >= 15 is 0 Å². The van der Waals surface area contributed by atoms with Crippen LogP contribution in [-0.2, 0) is 9.59 Å². The first kappa shape index (κ1) is 23.9. The van der Waals surface area contributed by atoms with Crippen LogP contribution in [0.15, 0.2) is 65.3 Å². The van der Waals surface area contributed by atoms with Gasteiger partial charge < -0.3 is 9.32 Å². The van der Waals surface area contributed by atoms with Crippen molar-refractivity contribution in [2.24, 2.45) is 0 Å². The minimum Gasteiger partial charge on any atom is -0.459 e. The van der Waals surface area contributed by atoms with Crippen LogP contribution < -0.4 is 4.90 Å². The molecular formula is C28H27N3O4S. The van der Waals surface area contributed by atoms with E-state index in [2.05, 4.69) is 13.0 Å². The maximum atomic E-state index is 13.6. The number of fused-ring (bicyclic) bond motifs is 1. The molecule has 4 aromatic rings. The fourth-order valence-corrected chi connectivity index (χ4v) is 5.59. The van der Waals surface area contributed by atoms with Gasteiger partial charge in [-0.15, -0.1) is 11.3 Å². The van der Waals surface area contributed by atoms with E-state index in [9.17, 15) is 14.4 Å². The fourth-order valence-electron chi connectivity index (χ4n) is 4.52. The number of hydrogen-bond donors (Lipinski definition) is 0. The Balaban J connectivity index is 1.43. The summed E-state index contributed by atoms with van der Waals surface area (Å²) < 4.78 is 6.44. The van der Waals surface area contributed by atoms with Crippen molar-refractivity contribution in [3.8, 4) is 10.6 Å². The summed E-state index contributed by atoms with van der Waals surface area (Å²) in [6.07, 6.45) is 1.95. The molecule has 1 fully saturated rings. The van der Waals surface area contributed by atoms with Gasteiger partial charge in [0.1, 0.15) is 11.0 Å². The molecule has 8 heteroatoms. The van der Waals surface area contributed by atoms with E-state index in [4.69, 9.17) is 9.40 Å². The molecule has 2 aromatic heterocycles. The molecule has 1 unspecified atom stereocenters. The second-order valence-corrected chi connectivity index (χ2v) is 10.7. The molecule has 1 aliphatic heterocycles.